The van der Waals surface area contributed by atoms with Gasteiger partial charge < -0.3 is 14.8 Å². The zero-order chi connectivity index (χ0) is 14.1. The van der Waals surface area contributed by atoms with Crippen LogP contribution in [0.2, 0.25) is 0 Å². The minimum absolute atomic E-state index is 0.502. The van der Waals surface area contributed by atoms with E-state index in [4.69, 9.17) is 0 Å². The highest BCUT2D eigenvalue weighted by atomic mass is 15.2. The molecule has 0 bridgehead atoms. The third kappa shape index (κ3) is 2.15. The first-order valence-corrected chi connectivity index (χ1v) is 7.22. The van der Waals surface area contributed by atoms with E-state index >= 15 is 0 Å². The normalized spacial score (nSPS) is 23.0. The predicted molar refractivity (Wildman–Crippen MR) is 83.8 cm³/mol. The van der Waals surface area contributed by atoms with Crippen LogP contribution in [-0.4, -0.2) is 41.0 Å². The van der Waals surface area contributed by atoms with E-state index in [0.29, 0.717) is 12.0 Å². The number of likely N-dealkylation sites (tertiary alicyclic amines) is 1. The highest BCUT2D eigenvalue weighted by Crippen LogP contribution is 2.30. The van der Waals surface area contributed by atoms with Gasteiger partial charge in [-0.3, -0.25) is 0 Å². The van der Waals surface area contributed by atoms with Gasteiger partial charge in [0.1, 0.15) is 5.65 Å². The van der Waals surface area contributed by atoms with Crippen molar-refractivity contribution < 1.29 is 0 Å². The van der Waals surface area contributed by atoms with Crippen molar-refractivity contribution in [3.63, 3.8) is 0 Å². The van der Waals surface area contributed by atoms with E-state index in [1.807, 2.05) is 18.6 Å². The molecule has 3 rings (SSSR count). The van der Waals surface area contributed by atoms with E-state index in [1.54, 1.807) is 0 Å². The zero-order valence-electron chi connectivity index (χ0n) is 12.2. The van der Waals surface area contributed by atoms with Crippen molar-refractivity contribution in [3.8, 4) is 0 Å². The van der Waals surface area contributed by atoms with Crippen LogP contribution in [0.4, 0.5) is 5.69 Å². The molecule has 1 fully saturated rings. The molecule has 4 heteroatoms. The molecule has 1 N–H and O–H groups in total. The Morgan fingerprint density at radius 2 is 2.35 bits per heavy atom. The van der Waals surface area contributed by atoms with Crippen LogP contribution in [-0.2, 0) is 0 Å². The van der Waals surface area contributed by atoms with Gasteiger partial charge >= 0.3 is 0 Å². The smallest absolute Gasteiger partial charge is 0.139 e. The molecule has 2 aromatic rings. The number of nitrogens with zero attached hydrogens (tertiary/aromatic N) is 3. The van der Waals surface area contributed by atoms with Crippen LogP contribution in [0.1, 0.15) is 13.3 Å². The first-order chi connectivity index (χ1) is 9.70. The van der Waals surface area contributed by atoms with Gasteiger partial charge in [0, 0.05) is 49.6 Å². The Kier molecular flexibility index (Phi) is 3.38. The molecule has 106 valence electrons. The number of hydrogen-bond acceptors (Lipinski definition) is 3. The second-order valence-corrected chi connectivity index (χ2v) is 5.69. The predicted octanol–water partition coefficient (Wildman–Crippen LogP) is 2.85. The lowest BCUT2D eigenvalue weighted by atomic mass is 9.92. The Balaban J connectivity index is 1.92. The van der Waals surface area contributed by atoms with E-state index in [0.717, 1.165) is 18.7 Å². The van der Waals surface area contributed by atoms with Gasteiger partial charge in [0.05, 0.1) is 0 Å². The summed E-state index contributed by atoms with van der Waals surface area (Å²) in [5.41, 5.74) is 2.21. The Morgan fingerprint density at radius 1 is 1.50 bits per heavy atom. The molecule has 0 radical (unpaired) electrons. The molecule has 20 heavy (non-hydrogen) atoms. The molecule has 2 aromatic heterocycles. The highest BCUT2D eigenvalue weighted by molar-refractivity contribution is 5.89. The monoisotopic (exact) mass is 270 g/mol. The SMILES string of the molecule is C=CN1CC[C@@H](C)[C@@H](N(C)c2ccnc3[nH]ccc23)C1. The lowest BCUT2D eigenvalue weighted by Crippen LogP contribution is -2.49. The topological polar surface area (TPSA) is 35.2 Å². The summed E-state index contributed by atoms with van der Waals surface area (Å²) < 4.78 is 0. The molecule has 0 amide bonds. The van der Waals surface area contributed by atoms with E-state index in [1.165, 1.54) is 17.5 Å². The van der Waals surface area contributed by atoms with Crippen molar-refractivity contribution in [1.29, 1.82) is 0 Å². The van der Waals surface area contributed by atoms with Gasteiger partial charge in [0.25, 0.3) is 0 Å². The Bertz CT molecular complexity index is 603. The second kappa shape index (κ2) is 5.19. The number of anilines is 1. The lowest BCUT2D eigenvalue weighted by Gasteiger charge is -2.42. The van der Waals surface area contributed by atoms with E-state index in [-0.39, 0.29) is 0 Å². The van der Waals surface area contributed by atoms with Gasteiger partial charge in [0.15, 0.2) is 0 Å². The summed E-state index contributed by atoms with van der Waals surface area (Å²) in [6, 6.07) is 4.71. The van der Waals surface area contributed by atoms with Crippen LogP contribution < -0.4 is 4.90 Å². The lowest BCUT2D eigenvalue weighted by molar-refractivity contribution is 0.219. The summed E-state index contributed by atoms with van der Waals surface area (Å²) in [6.07, 6.45) is 7.01. The van der Waals surface area contributed by atoms with Crippen molar-refractivity contribution in [1.82, 2.24) is 14.9 Å². The minimum atomic E-state index is 0.502. The molecule has 0 aromatic carbocycles. The zero-order valence-corrected chi connectivity index (χ0v) is 12.2. The number of fused-ring (bicyclic) bond motifs is 1. The fraction of sp³-hybridized carbons (Fsp3) is 0.438. The van der Waals surface area contributed by atoms with Crippen molar-refractivity contribution in [2.75, 3.05) is 25.0 Å². The van der Waals surface area contributed by atoms with Crippen LogP contribution in [0.15, 0.2) is 37.3 Å². The molecule has 1 saturated heterocycles. The first kappa shape index (κ1) is 13.0. The molecule has 0 unspecified atom stereocenters. The van der Waals surface area contributed by atoms with Crippen LogP contribution in [0.25, 0.3) is 11.0 Å². The van der Waals surface area contributed by atoms with E-state index in [9.17, 15) is 0 Å². The number of aromatic nitrogens is 2. The fourth-order valence-electron chi connectivity index (χ4n) is 3.18. The summed E-state index contributed by atoms with van der Waals surface area (Å²) in [4.78, 5) is 12.3. The average molecular weight is 270 g/mol. The maximum Gasteiger partial charge on any atom is 0.139 e. The summed E-state index contributed by atoms with van der Waals surface area (Å²) in [5.74, 6) is 0.679. The van der Waals surface area contributed by atoms with E-state index in [2.05, 4.69) is 52.5 Å². The number of rotatable bonds is 3. The number of aromatic amines is 1. The first-order valence-electron chi connectivity index (χ1n) is 7.22. The highest BCUT2D eigenvalue weighted by Gasteiger charge is 2.28. The molecule has 1 aliphatic rings. The van der Waals surface area contributed by atoms with E-state index < -0.39 is 0 Å². The number of pyridine rings is 1. The summed E-state index contributed by atoms with van der Waals surface area (Å²) >= 11 is 0. The molecule has 3 heterocycles. The van der Waals surface area contributed by atoms with Gasteiger partial charge in [-0.15, -0.1) is 0 Å². The summed E-state index contributed by atoms with van der Waals surface area (Å²) in [6.45, 7) is 8.41. The summed E-state index contributed by atoms with van der Waals surface area (Å²) in [7, 11) is 2.19. The molecule has 2 atom stereocenters. The van der Waals surface area contributed by atoms with Crippen LogP contribution in [0.3, 0.4) is 0 Å². The molecule has 0 saturated carbocycles. The van der Waals surface area contributed by atoms with Gasteiger partial charge in [-0.2, -0.15) is 0 Å². The van der Waals surface area contributed by atoms with Crippen LogP contribution >= 0.6 is 0 Å². The average Bonchev–Trinajstić information content (AvgIpc) is 2.95. The Labute approximate surface area is 120 Å². The second-order valence-electron chi connectivity index (χ2n) is 5.69. The molecule has 1 aliphatic heterocycles. The molecular formula is C16H22N4. The minimum Gasteiger partial charge on any atom is -0.376 e. The van der Waals surface area contributed by atoms with Gasteiger partial charge in [-0.25, -0.2) is 4.98 Å². The van der Waals surface area contributed by atoms with Gasteiger partial charge in [-0.1, -0.05) is 13.5 Å². The molecular weight excluding hydrogens is 248 g/mol. The van der Waals surface area contributed by atoms with Crippen molar-refractivity contribution in [2.24, 2.45) is 5.92 Å². The Morgan fingerprint density at radius 3 is 3.15 bits per heavy atom. The van der Waals surface area contributed by atoms with Crippen molar-refractivity contribution in [3.05, 3.63) is 37.3 Å². The summed E-state index contributed by atoms with van der Waals surface area (Å²) in [5, 5.41) is 1.19. The molecule has 0 aliphatic carbocycles. The largest absolute Gasteiger partial charge is 0.376 e. The van der Waals surface area contributed by atoms with Gasteiger partial charge in [0.2, 0.25) is 0 Å². The van der Waals surface area contributed by atoms with Crippen LogP contribution in [0, 0.1) is 5.92 Å². The van der Waals surface area contributed by atoms with Crippen LogP contribution in [0.5, 0.6) is 0 Å². The van der Waals surface area contributed by atoms with Crippen molar-refractivity contribution >= 4 is 16.7 Å². The number of likely N-dealkylation sites (N-methyl/N-ethyl adjacent to an activating group) is 1. The maximum absolute atomic E-state index is 4.37. The number of nitrogens with one attached hydrogen (secondary N) is 1. The quantitative estimate of drug-likeness (QED) is 0.931. The number of piperidine rings is 1. The number of H-pyrrole nitrogens is 1. The van der Waals surface area contributed by atoms with Gasteiger partial charge in [-0.05, 0) is 30.7 Å². The third-order valence-corrected chi connectivity index (χ3v) is 4.52. The molecule has 0 spiro atoms. The standard InChI is InChI=1S/C16H22N4/c1-4-20-10-7-12(2)15(11-20)19(3)14-6-9-18-16-13(14)5-8-17-16/h4-6,8-9,12,15H,1,7,10-11H2,2-3H3,(H,17,18)/t12-,15+/m1/s1. The number of hydrogen-bond donors (Lipinski definition) is 1. The molecule has 4 nitrogen and oxygen atoms in total. The fourth-order valence-corrected chi connectivity index (χ4v) is 3.18. The maximum atomic E-state index is 4.37. The third-order valence-electron chi connectivity index (χ3n) is 4.52. The van der Waals surface area contributed by atoms with Crippen molar-refractivity contribution in [2.45, 2.75) is 19.4 Å². The Hall–Kier alpha value is -1.97.